The van der Waals surface area contributed by atoms with E-state index in [4.69, 9.17) is 24.4 Å². The predicted molar refractivity (Wildman–Crippen MR) is 204 cm³/mol. The molecule has 1 aliphatic heterocycles. The highest BCUT2D eigenvalue weighted by atomic mass is 16.3. The summed E-state index contributed by atoms with van der Waals surface area (Å²) < 4.78 is 6.44. The normalized spacial score (nSPS) is 13.1. The minimum absolute atomic E-state index is 0.622. The first-order valence-electron chi connectivity index (χ1n) is 16.7. The summed E-state index contributed by atoms with van der Waals surface area (Å²) in [5, 5.41) is 0.957. The van der Waals surface area contributed by atoms with Crippen LogP contribution >= 0.6 is 0 Å². The Kier molecular flexibility index (Phi) is 7.48. The fourth-order valence-corrected chi connectivity index (χ4v) is 6.47. The van der Waals surface area contributed by atoms with Crippen molar-refractivity contribution in [3.63, 3.8) is 0 Å². The van der Waals surface area contributed by atoms with Crippen LogP contribution in [0, 0.1) is 0 Å². The minimum Gasteiger partial charge on any atom is -0.452 e. The van der Waals surface area contributed by atoms with Crippen molar-refractivity contribution in [3.8, 4) is 33.8 Å². The van der Waals surface area contributed by atoms with Gasteiger partial charge in [-0.1, -0.05) is 146 Å². The minimum atomic E-state index is 0.622. The number of para-hydroxylation sites is 1. The molecule has 9 rings (SSSR count). The molecule has 0 saturated carbocycles. The van der Waals surface area contributed by atoms with Crippen molar-refractivity contribution >= 4 is 39.3 Å². The van der Waals surface area contributed by atoms with E-state index in [0.29, 0.717) is 23.7 Å². The lowest BCUT2D eigenvalue weighted by atomic mass is 10.0. The molecule has 0 spiro atoms. The van der Waals surface area contributed by atoms with Gasteiger partial charge in [0.05, 0.1) is 11.4 Å². The van der Waals surface area contributed by atoms with Gasteiger partial charge in [0.1, 0.15) is 16.8 Å². The van der Waals surface area contributed by atoms with Crippen LogP contribution < -0.4 is 0 Å². The van der Waals surface area contributed by atoms with Crippen LogP contribution in [-0.2, 0) is 0 Å². The Labute approximate surface area is 289 Å². The zero-order chi connectivity index (χ0) is 33.3. The van der Waals surface area contributed by atoms with Crippen LogP contribution in [0.3, 0.4) is 0 Å². The van der Waals surface area contributed by atoms with E-state index in [1.54, 1.807) is 0 Å². The highest BCUT2D eigenvalue weighted by Gasteiger charge is 2.20. The zero-order valence-corrected chi connectivity index (χ0v) is 27.1. The number of hydrogen-bond acceptors (Lipinski definition) is 5. The van der Waals surface area contributed by atoms with E-state index in [1.165, 1.54) is 0 Å². The van der Waals surface area contributed by atoms with Gasteiger partial charge in [-0.15, -0.1) is 0 Å². The molecule has 5 heteroatoms. The van der Waals surface area contributed by atoms with Crippen LogP contribution in [0.25, 0.3) is 61.5 Å². The van der Waals surface area contributed by atoms with Gasteiger partial charge in [-0.05, 0) is 46.5 Å². The summed E-state index contributed by atoms with van der Waals surface area (Å²) in [5.74, 6) is 1.31. The second kappa shape index (κ2) is 12.7. The van der Waals surface area contributed by atoms with Gasteiger partial charge < -0.3 is 4.42 Å². The molecular weight excluding hydrogens is 613 g/mol. The molecule has 8 aromatic rings. The molecule has 0 amide bonds. The molecular formula is C45H30N4O. The summed E-state index contributed by atoms with van der Waals surface area (Å²) >= 11 is 0. The number of aromatic nitrogens is 2. The number of aliphatic imine (C=N–C) groups is 2. The molecule has 1 aliphatic rings. The van der Waals surface area contributed by atoms with Crippen LogP contribution in [0.5, 0.6) is 0 Å². The lowest BCUT2D eigenvalue weighted by Crippen LogP contribution is -2.05. The van der Waals surface area contributed by atoms with Crippen LogP contribution in [0.2, 0.25) is 0 Å². The SMILES string of the molecule is C1=C(c2ccccc2)N=C(c2ccccc2)N=C(c2cccc(-c3nc(-c4cccc(-c5ccccc5)c4)c4oc5ccccc5c4n3)c2)C1. The van der Waals surface area contributed by atoms with E-state index in [1.807, 2.05) is 60.7 Å². The standard InChI is InChI=1S/C45H30N4O/c1-4-14-30(15-5-1)33-20-12-22-35(28-33)41-43-42(37-24-10-11-25-40(37)50-43)49-45(48-41)36-23-13-21-34(29-36)39-27-26-38(31-16-6-2-7-17-31)46-44(47-39)32-18-8-3-9-19-32/h1-26,28-29H,27H2. The summed E-state index contributed by atoms with van der Waals surface area (Å²) in [6.07, 6.45) is 2.78. The number of nitrogens with zero attached hydrogens (tertiary/aromatic N) is 4. The number of furan rings is 1. The average Bonchev–Trinajstić information content (AvgIpc) is 3.42. The Morgan fingerprint density at radius 3 is 1.84 bits per heavy atom. The largest absolute Gasteiger partial charge is 0.452 e. The van der Waals surface area contributed by atoms with Gasteiger partial charge in [0.25, 0.3) is 0 Å². The lowest BCUT2D eigenvalue weighted by molar-refractivity contribution is 0.667. The van der Waals surface area contributed by atoms with Gasteiger partial charge in [0.2, 0.25) is 0 Å². The van der Waals surface area contributed by atoms with Crippen molar-refractivity contribution < 1.29 is 4.42 Å². The maximum absolute atomic E-state index is 6.44. The van der Waals surface area contributed by atoms with Gasteiger partial charge in [-0.3, -0.25) is 0 Å². The van der Waals surface area contributed by atoms with Crippen molar-refractivity contribution in [3.05, 3.63) is 187 Å². The Morgan fingerprint density at radius 1 is 0.460 bits per heavy atom. The third-order valence-electron chi connectivity index (χ3n) is 8.97. The molecule has 3 heterocycles. The van der Waals surface area contributed by atoms with Crippen molar-refractivity contribution in [1.82, 2.24) is 9.97 Å². The molecule has 0 saturated heterocycles. The number of rotatable bonds is 6. The van der Waals surface area contributed by atoms with E-state index in [0.717, 1.165) is 72.5 Å². The third-order valence-corrected chi connectivity index (χ3v) is 8.97. The molecule has 0 fully saturated rings. The topological polar surface area (TPSA) is 63.6 Å². The molecule has 50 heavy (non-hydrogen) atoms. The van der Waals surface area contributed by atoms with Gasteiger partial charge in [0.15, 0.2) is 17.2 Å². The number of benzene rings is 6. The fraction of sp³-hybridized carbons (Fsp3) is 0.0222. The van der Waals surface area contributed by atoms with Gasteiger partial charge in [0, 0.05) is 28.5 Å². The Bertz CT molecular complexity index is 2600. The van der Waals surface area contributed by atoms with Crippen LogP contribution in [0.4, 0.5) is 0 Å². The number of fused-ring (bicyclic) bond motifs is 3. The number of amidine groups is 1. The molecule has 0 radical (unpaired) electrons. The predicted octanol–water partition coefficient (Wildman–Crippen LogP) is 11.1. The molecule has 0 bridgehead atoms. The monoisotopic (exact) mass is 642 g/mol. The van der Waals surface area contributed by atoms with Crippen LogP contribution in [-0.4, -0.2) is 21.5 Å². The molecule has 5 nitrogen and oxygen atoms in total. The van der Waals surface area contributed by atoms with E-state index in [-0.39, 0.29) is 0 Å². The summed E-state index contributed by atoms with van der Waals surface area (Å²) in [7, 11) is 0. The Morgan fingerprint density at radius 2 is 1.06 bits per heavy atom. The smallest absolute Gasteiger partial charge is 0.180 e. The Balaban J connectivity index is 1.18. The first-order valence-corrected chi connectivity index (χ1v) is 16.7. The average molecular weight is 643 g/mol. The number of allylic oxidation sites excluding steroid dienone is 1. The van der Waals surface area contributed by atoms with E-state index in [9.17, 15) is 0 Å². The molecule has 0 N–H and O–H groups in total. The second-order valence-electron chi connectivity index (χ2n) is 12.2. The third kappa shape index (κ3) is 5.61. The highest BCUT2D eigenvalue weighted by molar-refractivity contribution is 6.15. The maximum atomic E-state index is 6.44. The van der Waals surface area contributed by atoms with Crippen LogP contribution in [0.15, 0.2) is 184 Å². The fourth-order valence-electron chi connectivity index (χ4n) is 6.47. The van der Waals surface area contributed by atoms with Crippen LogP contribution in [0.1, 0.15) is 23.1 Å². The summed E-state index contributed by atoms with van der Waals surface area (Å²) in [6.45, 7) is 0. The summed E-state index contributed by atoms with van der Waals surface area (Å²) in [4.78, 5) is 20.6. The molecule has 6 aromatic carbocycles. The van der Waals surface area contributed by atoms with Crippen molar-refractivity contribution in [2.45, 2.75) is 6.42 Å². The second-order valence-corrected chi connectivity index (χ2v) is 12.2. The first kappa shape index (κ1) is 29.4. The van der Waals surface area contributed by atoms with Crippen molar-refractivity contribution in [2.75, 3.05) is 0 Å². The Hall–Kier alpha value is -6.72. The molecule has 0 atom stereocenters. The van der Waals surface area contributed by atoms with Gasteiger partial charge >= 0.3 is 0 Å². The molecule has 236 valence electrons. The molecule has 0 unspecified atom stereocenters. The van der Waals surface area contributed by atoms with E-state index >= 15 is 0 Å². The zero-order valence-electron chi connectivity index (χ0n) is 27.1. The summed E-state index contributed by atoms with van der Waals surface area (Å²) in [5.41, 5.74) is 12.0. The quantitative estimate of drug-likeness (QED) is 0.181. The molecule has 0 aliphatic carbocycles. The highest BCUT2D eigenvalue weighted by Crippen LogP contribution is 2.37. The molecule has 2 aromatic heterocycles. The first-order chi connectivity index (χ1) is 24.8. The number of hydrogen-bond donors (Lipinski definition) is 0. The van der Waals surface area contributed by atoms with Gasteiger partial charge in [-0.2, -0.15) is 0 Å². The maximum Gasteiger partial charge on any atom is 0.180 e. The van der Waals surface area contributed by atoms with E-state index in [2.05, 4.69) is 109 Å². The summed E-state index contributed by atoms with van der Waals surface area (Å²) in [6, 6.07) is 55.6. The lowest BCUT2D eigenvalue weighted by Gasteiger charge is -2.10. The van der Waals surface area contributed by atoms with Crippen molar-refractivity contribution in [1.29, 1.82) is 0 Å². The van der Waals surface area contributed by atoms with Crippen molar-refractivity contribution in [2.24, 2.45) is 9.98 Å². The van der Waals surface area contributed by atoms with E-state index < -0.39 is 0 Å². The van der Waals surface area contributed by atoms with Gasteiger partial charge in [-0.25, -0.2) is 20.0 Å².